The van der Waals surface area contributed by atoms with E-state index < -0.39 is 6.10 Å². The van der Waals surface area contributed by atoms with Gasteiger partial charge in [-0.1, -0.05) is 18.6 Å². The second kappa shape index (κ2) is 4.64. The van der Waals surface area contributed by atoms with Crippen LogP contribution >= 0.6 is 0 Å². The Labute approximate surface area is 61.4 Å². The lowest BCUT2D eigenvalue weighted by Gasteiger charge is -2.01. The third kappa shape index (κ3) is 2.37. The molecule has 1 N–H and O–H groups in total. The standard InChI is InChI=1S/C9H10O/c1-4-7-8(5-2)9(10)6-3/h3-4,9-10H,1-2,7H2/t9-/m0/s1. The van der Waals surface area contributed by atoms with Gasteiger partial charge in [0.1, 0.15) is 6.10 Å². The Kier molecular flexibility index (Phi) is 4.07. The average Bonchev–Trinajstić information content (AvgIpc) is 1.99. The fraction of sp³-hybridized carbons (Fsp3) is 0.222. The molecule has 1 atom stereocenters. The van der Waals surface area contributed by atoms with E-state index in [1.807, 2.05) is 0 Å². The topological polar surface area (TPSA) is 20.2 Å². The predicted molar refractivity (Wildman–Crippen MR) is 42.3 cm³/mol. The molecule has 52 valence electrons. The first-order chi connectivity index (χ1) is 4.76. The minimum atomic E-state index is -0.865. The van der Waals surface area contributed by atoms with E-state index in [0.29, 0.717) is 12.0 Å². The van der Waals surface area contributed by atoms with Gasteiger partial charge in [-0.05, 0) is 6.42 Å². The van der Waals surface area contributed by atoms with Crippen molar-refractivity contribution >= 4 is 0 Å². The van der Waals surface area contributed by atoms with Crippen molar-refractivity contribution in [3.8, 4) is 12.3 Å². The summed E-state index contributed by atoms with van der Waals surface area (Å²) < 4.78 is 0. The first kappa shape index (κ1) is 8.78. The van der Waals surface area contributed by atoms with E-state index in [2.05, 4.69) is 24.8 Å². The van der Waals surface area contributed by atoms with Crippen LogP contribution in [0.3, 0.4) is 0 Å². The number of terminal acetylenes is 1. The molecule has 0 aliphatic rings. The summed E-state index contributed by atoms with van der Waals surface area (Å²) in [6, 6.07) is 0. The third-order valence-corrected chi connectivity index (χ3v) is 1.08. The number of hydrogen-bond donors (Lipinski definition) is 1. The average molecular weight is 134 g/mol. The zero-order valence-electron chi connectivity index (χ0n) is 5.80. The summed E-state index contributed by atoms with van der Waals surface area (Å²) in [6.07, 6.45) is 6.27. The predicted octanol–water partition coefficient (Wildman–Crippen LogP) is 1.27. The van der Waals surface area contributed by atoms with Crippen molar-refractivity contribution in [2.45, 2.75) is 12.5 Å². The van der Waals surface area contributed by atoms with Crippen LogP contribution in [0.2, 0.25) is 0 Å². The lowest BCUT2D eigenvalue weighted by molar-refractivity contribution is 0.266. The van der Waals surface area contributed by atoms with Gasteiger partial charge in [0.2, 0.25) is 0 Å². The van der Waals surface area contributed by atoms with Crippen LogP contribution in [0, 0.1) is 12.3 Å². The molecular formula is C9H10O. The normalized spacial score (nSPS) is 10.8. The quantitative estimate of drug-likeness (QED) is 0.350. The van der Waals surface area contributed by atoms with Gasteiger partial charge >= 0.3 is 0 Å². The summed E-state index contributed by atoms with van der Waals surface area (Å²) in [5.74, 6) is 2.17. The lowest BCUT2D eigenvalue weighted by atomic mass is 10.1. The third-order valence-electron chi connectivity index (χ3n) is 1.08. The van der Waals surface area contributed by atoms with Crippen molar-refractivity contribution in [2.24, 2.45) is 0 Å². The summed E-state index contributed by atoms with van der Waals surface area (Å²) in [5, 5.41) is 9.03. The summed E-state index contributed by atoms with van der Waals surface area (Å²) in [6.45, 7) is 6.88. The fourth-order valence-corrected chi connectivity index (χ4v) is 0.537. The van der Waals surface area contributed by atoms with Gasteiger partial charge in [0.05, 0.1) is 0 Å². The van der Waals surface area contributed by atoms with Crippen LogP contribution in [0.5, 0.6) is 0 Å². The molecule has 0 rings (SSSR count). The molecule has 0 spiro atoms. The van der Waals surface area contributed by atoms with E-state index >= 15 is 0 Å². The van der Waals surface area contributed by atoms with Crippen LogP contribution in [0.25, 0.3) is 0 Å². The molecule has 0 heterocycles. The Morgan fingerprint density at radius 3 is 2.70 bits per heavy atom. The maximum Gasteiger partial charge on any atom is 0.143 e. The van der Waals surface area contributed by atoms with Gasteiger partial charge in [0.15, 0.2) is 0 Å². The molecule has 0 aromatic rings. The Morgan fingerprint density at radius 1 is 1.80 bits per heavy atom. The summed E-state index contributed by atoms with van der Waals surface area (Å²) in [5.41, 5.74) is 3.15. The van der Waals surface area contributed by atoms with E-state index in [-0.39, 0.29) is 0 Å². The van der Waals surface area contributed by atoms with Gasteiger partial charge in [-0.15, -0.1) is 18.7 Å². The molecule has 0 saturated carbocycles. The minimum absolute atomic E-state index is 0.537. The number of hydrogen-bond acceptors (Lipinski definition) is 1. The Hall–Kier alpha value is -1.22. The molecule has 0 aliphatic carbocycles. The maximum absolute atomic E-state index is 9.03. The first-order valence-corrected chi connectivity index (χ1v) is 2.90. The van der Waals surface area contributed by atoms with Gasteiger partial charge in [-0.3, -0.25) is 0 Å². The van der Waals surface area contributed by atoms with Gasteiger partial charge in [-0.25, -0.2) is 0 Å². The maximum atomic E-state index is 9.03. The van der Waals surface area contributed by atoms with Crippen molar-refractivity contribution in [3.05, 3.63) is 30.5 Å². The highest BCUT2D eigenvalue weighted by Gasteiger charge is 2.02. The molecule has 0 amide bonds. The van der Waals surface area contributed by atoms with Crippen molar-refractivity contribution in [3.63, 3.8) is 0 Å². The summed E-state index contributed by atoms with van der Waals surface area (Å²) in [7, 11) is 0. The van der Waals surface area contributed by atoms with Crippen molar-refractivity contribution in [1.29, 1.82) is 0 Å². The Balaban J connectivity index is 4.25. The molecule has 0 unspecified atom stereocenters. The molecule has 0 radical (unpaired) electrons. The SMILES string of the molecule is C#C[C@H](O)C(=C=C)CC=C. The molecule has 0 aromatic heterocycles. The van der Waals surface area contributed by atoms with Gasteiger partial charge in [0, 0.05) is 5.57 Å². The number of aliphatic hydroxyl groups excluding tert-OH is 1. The van der Waals surface area contributed by atoms with Crippen LogP contribution in [-0.4, -0.2) is 11.2 Å². The molecule has 0 aromatic carbocycles. The second-order valence-corrected chi connectivity index (χ2v) is 1.76. The smallest absolute Gasteiger partial charge is 0.143 e. The summed E-state index contributed by atoms with van der Waals surface area (Å²) in [4.78, 5) is 0. The molecule has 1 heteroatoms. The fourth-order valence-electron chi connectivity index (χ4n) is 0.537. The highest BCUT2D eigenvalue weighted by molar-refractivity contribution is 5.19. The van der Waals surface area contributed by atoms with Gasteiger partial charge in [0.25, 0.3) is 0 Å². The van der Waals surface area contributed by atoms with Crippen LogP contribution in [-0.2, 0) is 0 Å². The van der Waals surface area contributed by atoms with Crippen molar-refractivity contribution in [1.82, 2.24) is 0 Å². The number of rotatable bonds is 3. The van der Waals surface area contributed by atoms with E-state index in [1.54, 1.807) is 6.08 Å². The lowest BCUT2D eigenvalue weighted by Crippen LogP contribution is -2.04. The van der Waals surface area contributed by atoms with Crippen LogP contribution < -0.4 is 0 Å². The van der Waals surface area contributed by atoms with Crippen molar-refractivity contribution < 1.29 is 5.11 Å². The van der Waals surface area contributed by atoms with E-state index in [4.69, 9.17) is 11.5 Å². The molecule has 0 bridgehead atoms. The zero-order chi connectivity index (χ0) is 7.98. The molecule has 10 heavy (non-hydrogen) atoms. The van der Waals surface area contributed by atoms with Gasteiger partial charge in [-0.2, -0.15) is 0 Å². The van der Waals surface area contributed by atoms with Crippen molar-refractivity contribution in [2.75, 3.05) is 0 Å². The molecule has 0 saturated heterocycles. The zero-order valence-corrected chi connectivity index (χ0v) is 5.80. The molecular weight excluding hydrogens is 124 g/mol. The number of aliphatic hydroxyl groups is 1. The molecule has 0 aliphatic heterocycles. The van der Waals surface area contributed by atoms with Crippen LogP contribution in [0.4, 0.5) is 0 Å². The first-order valence-electron chi connectivity index (χ1n) is 2.90. The molecule has 1 nitrogen and oxygen atoms in total. The minimum Gasteiger partial charge on any atom is -0.376 e. The largest absolute Gasteiger partial charge is 0.376 e. The Bertz CT molecular complexity index is 201. The van der Waals surface area contributed by atoms with Crippen LogP contribution in [0.1, 0.15) is 6.42 Å². The highest BCUT2D eigenvalue weighted by atomic mass is 16.3. The van der Waals surface area contributed by atoms with E-state index in [1.165, 1.54) is 0 Å². The highest BCUT2D eigenvalue weighted by Crippen LogP contribution is 2.04. The number of allylic oxidation sites excluding steroid dienone is 1. The monoisotopic (exact) mass is 134 g/mol. The van der Waals surface area contributed by atoms with Crippen LogP contribution in [0.15, 0.2) is 30.5 Å². The van der Waals surface area contributed by atoms with E-state index in [0.717, 1.165) is 0 Å². The van der Waals surface area contributed by atoms with E-state index in [9.17, 15) is 0 Å². The Morgan fingerprint density at radius 2 is 2.40 bits per heavy atom. The second-order valence-electron chi connectivity index (χ2n) is 1.76. The van der Waals surface area contributed by atoms with Gasteiger partial charge < -0.3 is 5.11 Å². The summed E-state index contributed by atoms with van der Waals surface area (Å²) >= 11 is 0. The molecule has 0 fully saturated rings.